The standard InChI is InChI=1S/C26H27NO4S.C3H6S/c1-15-13-26(3,4)27-21-10-9-18(19-8-7-17(28)12-22(19)30-5)20(24(15)21)14-31-25(29)23-11-6-16(2)32-23;4-3-1-2-3/h6-13,27-28H,14H2,1-5H3;3-4H,1-2H2. The molecule has 1 aliphatic heterocycles. The number of phenolic OH excluding ortho intramolecular Hbond substituents is 1. The van der Waals surface area contributed by atoms with Gasteiger partial charge in [0.05, 0.1) is 12.6 Å². The van der Waals surface area contributed by atoms with Gasteiger partial charge in [-0.3, -0.25) is 0 Å². The van der Waals surface area contributed by atoms with Gasteiger partial charge in [-0.1, -0.05) is 12.1 Å². The molecule has 3 aromatic rings. The summed E-state index contributed by atoms with van der Waals surface area (Å²) in [5, 5.41) is 14.3. The molecule has 7 heteroatoms. The summed E-state index contributed by atoms with van der Waals surface area (Å²) in [4.78, 5) is 14.3. The van der Waals surface area contributed by atoms with Crippen molar-refractivity contribution in [2.45, 2.75) is 57.9 Å². The summed E-state index contributed by atoms with van der Waals surface area (Å²) >= 11 is 5.50. The van der Waals surface area contributed by atoms with Crippen LogP contribution in [-0.2, 0) is 11.3 Å². The van der Waals surface area contributed by atoms with Crippen LogP contribution in [0.5, 0.6) is 11.5 Å². The molecule has 190 valence electrons. The highest BCUT2D eigenvalue weighted by Gasteiger charge is 2.27. The number of hydrogen-bond donors (Lipinski definition) is 3. The monoisotopic (exact) mass is 523 g/mol. The lowest BCUT2D eigenvalue weighted by Gasteiger charge is -2.33. The molecule has 1 fully saturated rings. The van der Waals surface area contributed by atoms with E-state index in [0.29, 0.717) is 10.6 Å². The molecule has 1 aliphatic carbocycles. The number of nitrogens with one attached hydrogen (secondary N) is 1. The van der Waals surface area contributed by atoms with Crippen LogP contribution in [0.2, 0.25) is 0 Å². The number of carbonyl (C=O) groups excluding carboxylic acids is 1. The Morgan fingerprint density at radius 2 is 1.83 bits per heavy atom. The van der Waals surface area contributed by atoms with Crippen LogP contribution in [0.15, 0.2) is 48.5 Å². The Morgan fingerprint density at radius 3 is 2.44 bits per heavy atom. The van der Waals surface area contributed by atoms with Crippen molar-refractivity contribution in [3.8, 4) is 22.6 Å². The van der Waals surface area contributed by atoms with E-state index in [2.05, 4.69) is 44.8 Å². The zero-order valence-electron chi connectivity index (χ0n) is 21.3. The number of allylic oxidation sites excluding steroid dienone is 1. The first-order valence-electron chi connectivity index (χ1n) is 12.0. The number of anilines is 1. The summed E-state index contributed by atoms with van der Waals surface area (Å²) in [6.07, 6.45) is 4.88. The second kappa shape index (κ2) is 10.6. The first kappa shape index (κ1) is 26.2. The van der Waals surface area contributed by atoms with Crippen molar-refractivity contribution in [3.05, 3.63) is 69.4 Å². The van der Waals surface area contributed by atoms with Gasteiger partial charge < -0.3 is 19.9 Å². The summed E-state index contributed by atoms with van der Waals surface area (Å²) in [5.74, 6) is 0.344. The first-order chi connectivity index (χ1) is 17.1. The fraction of sp³-hybridized carbons (Fsp3) is 0.345. The Balaban J connectivity index is 0.000000692. The molecule has 0 atom stereocenters. The zero-order valence-corrected chi connectivity index (χ0v) is 23.1. The molecular formula is C29H33NO4S2. The zero-order chi connectivity index (χ0) is 26.0. The Morgan fingerprint density at radius 1 is 1.14 bits per heavy atom. The van der Waals surface area contributed by atoms with E-state index in [1.54, 1.807) is 25.3 Å². The van der Waals surface area contributed by atoms with Crippen LogP contribution in [-0.4, -0.2) is 29.0 Å². The van der Waals surface area contributed by atoms with Gasteiger partial charge >= 0.3 is 5.97 Å². The Labute approximate surface area is 222 Å². The predicted molar refractivity (Wildman–Crippen MR) is 152 cm³/mol. The second-order valence-electron chi connectivity index (χ2n) is 9.79. The predicted octanol–water partition coefficient (Wildman–Crippen LogP) is 7.48. The van der Waals surface area contributed by atoms with Crippen molar-refractivity contribution in [1.82, 2.24) is 0 Å². The van der Waals surface area contributed by atoms with Crippen molar-refractivity contribution in [1.29, 1.82) is 0 Å². The fourth-order valence-corrected chi connectivity index (χ4v) is 5.24. The fourth-order valence-electron chi connectivity index (χ4n) is 4.33. The molecule has 5 rings (SSSR count). The number of thiol groups is 1. The average molecular weight is 524 g/mol. The minimum absolute atomic E-state index is 0.117. The number of methoxy groups -OCH3 is 1. The summed E-state index contributed by atoms with van der Waals surface area (Å²) < 4.78 is 11.3. The molecule has 0 spiro atoms. The van der Waals surface area contributed by atoms with E-state index in [-0.39, 0.29) is 23.9 Å². The maximum Gasteiger partial charge on any atom is 0.348 e. The van der Waals surface area contributed by atoms with Crippen molar-refractivity contribution in [2.24, 2.45) is 0 Å². The molecular weight excluding hydrogens is 490 g/mol. The minimum atomic E-state index is -0.338. The summed E-state index contributed by atoms with van der Waals surface area (Å²) in [6.45, 7) is 8.40. The van der Waals surface area contributed by atoms with Crippen molar-refractivity contribution < 1.29 is 19.4 Å². The molecule has 0 bridgehead atoms. The number of aromatic hydroxyl groups is 1. The highest BCUT2D eigenvalue weighted by molar-refractivity contribution is 7.81. The molecule has 36 heavy (non-hydrogen) atoms. The van der Waals surface area contributed by atoms with E-state index in [1.807, 2.05) is 31.2 Å². The van der Waals surface area contributed by atoms with Gasteiger partial charge in [-0.25, -0.2) is 4.79 Å². The van der Waals surface area contributed by atoms with Crippen LogP contribution in [0.3, 0.4) is 0 Å². The van der Waals surface area contributed by atoms with Gasteiger partial charge in [-0.05, 0) is 82.0 Å². The summed E-state index contributed by atoms with van der Waals surface area (Å²) in [5.41, 5.74) is 5.55. The Bertz CT molecular complexity index is 1300. The van der Waals surface area contributed by atoms with Gasteiger partial charge in [0.25, 0.3) is 0 Å². The lowest BCUT2D eigenvalue weighted by Crippen LogP contribution is -2.32. The lowest BCUT2D eigenvalue weighted by atomic mass is 9.85. The number of esters is 1. The van der Waals surface area contributed by atoms with Gasteiger partial charge in [-0.15, -0.1) is 11.3 Å². The normalized spacial score (nSPS) is 15.6. The third kappa shape index (κ3) is 6.08. The van der Waals surface area contributed by atoms with Crippen LogP contribution in [0.1, 0.15) is 59.3 Å². The summed E-state index contributed by atoms with van der Waals surface area (Å²) in [7, 11) is 1.57. The summed E-state index contributed by atoms with van der Waals surface area (Å²) in [6, 6.07) is 12.8. The second-order valence-corrected chi connectivity index (χ2v) is 11.8. The van der Waals surface area contributed by atoms with Crippen LogP contribution in [0.4, 0.5) is 5.69 Å². The topological polar surface area (TPSA) is 67.8 Å². The van der Waals surface area contributed by atoms with Crippen LogP contribution >= 0.6 is 24.0 Å². The van der Waals surface area contributed by atoms with E-state index in [1.165, 1.54) is 24.2 Å². The quantitative estimate of drug-likeness (QED) is 0.239. The molecule has 1 saturated carbocycles. The van der Waals surface area contributed by atoms with Crippen LogP contribution in [0, 0.1) is 6.92 Å². The number of rotatable bonds is 5. The van der Waals surface area contributed by atoms with E-state index in [0.717, 1.165) is 43.6 Å². The third-order valence-corrected chi connectivity index (χ3v) is 7.55. The Hall–Kier alpha value is -2.90. The van der Waals surface area contributed by atoms with E-state index in [9.17, 15) is 9.90 Å². The molecule has 5 nitrogen and oxygen atoms in total. The first-order valence-corrected chi connectivity index (χ1v) is 13.3. The van der Waals surface area contributed by atoms with Crippen molar-refractivity contribution >= 4 is 41.2 Å². The molecule has 0 amide bonds. The number of fused-ring (bicyclic) bond motifs is 1. The van der Waals surface area contributed by atoms with E-state index >= 15 is 0 Å². The number of thiophene rings is 1. The van der Waals surface area contributed by atoms with E-state index in [4.69, 9.17) is 9.47 Å². The highest BCUT2D eigenvalue weighted by Crippen LogP contribution is 2.43. The van der Waals surface area contributed by atoms with Gasteiger partial charge in [0.2, 0.25) is 0 Å². The molecule has 2 aromatic carbocycles. The van der Waals surface area contributed by atoms with Crippen molar-refractivity contribution in [3.63, 3.8) is 0 Å². The lowest BCUT2D eigenvalue weighted by molar-refractivity contribution is 0.0479. The number of carbonyl (C=O) groups is 1. The minimum Gasteiger partial charge on any atom is -0.508 e. The molecule has 0 radical (unpaired) electrons. The van der Waals surface area contributed by atoms with Crippen molar-refractivity contribution in [2.75, 3.05) is 12.4 Å². The smallest absolute Gasteiger partial charge is 0.348 e. The SMILES string of the molecule is COc1cc(O)ccc1-c1ccc2c(c1COC(=O)c1ccc(C)s1)C(C)=CC(C)(C)N2.SC1CC1. The van der Waals surface area contributed by atoms with Gasteiger partial charge in [-0.2, -0.15) is 12.6 Å². The molecule has 1 aromatic heterocycles. The third-order valence-electron chi connectivity index (χ3n) is 6.05. The number of ether oxygens (including phenoxy) is 2. The molecule has 2 heterocycles. The molecule has 0 saturated heterocycles. The number of hydrogen-bond acceptors (Lipinski definition) is 7. The Kier molecular flexibility index (Phi) is 7.71. The van der Waals surface area contributed by atoms with Gasteiger partial charge in [0.1, 0.15) is 23.0 Å². The number of benzene rings is 2. The van der Waals surface area contributed by atoms with Crippen LogP contribution in [0.25, 0.3) is 16.7 Å². The molecule has 2 N–H and O–H groups in total. The van der Waals surface area contributed by atoms with Gasteiger partial charge in [0, 0.05) is 38.6 Å². The highest BCUT2D eigenvalue weighted by atomic mass is 32.1. The number of aryl methyl sites for hydroxylation is 1. The maximum absolute atomic E-state index is 12.7. The van der Waals surface area contributed by atoms with Crippen LogP contribution < -0.4 is 10.1 Å². The largest absolute Gasteiger partial charge is 0.508 e. The molecule has 0 unspecified atom stereocenters. The molecule has 2 aliphatic rings. The average Bonchev–Trinajstić information content (AvgIpc) is 3.48. The van der Waals surface area contributed by atoms with Gasteiger partial charge in [0.15, 0.2) is 0 Å². The van der Waals surface area contributed by atoms with E-state index < -0.39 is 0 Å². The maximum atomic E-state index is 12.7. The number of phenols is 1.